The highest BCUT2D eigenvalue weighted by molar-refractivity contribution is 6.46. The van der Waals surface area contributed by atoms with E-state index in [1.165, 1.54) is 24.1 Å². The van der Waals surface area contributed by atoms with E-state index in [0.717, 1.165) is 11.1 Å². The topological polar surface area (TPSA) is 104 Å². The number of amides is 1. The monoisotopic (exact) mass is 471 g/mol. The number of ketones is 1. The molecule has 0 aliphatic carbocycles. The molecule has 0 saturated carbocycles. The van der Waals surface area contributed by atoms with E-state index in [1.807, 2.05) is 19.9 Å². The van der Waals surface area contributed by atoms with Gasteiger partial charge in [-0.25, -0.2) is 4.79 Å². The van der Waals surface area contributed by atoms with Crippen molar-refractivity contribution >= 4 is 23.4 Å². The minimum Gasteiger partial charge on any atom is -0.507 e. The lowest BCUT2D eigenvalue weighted by Gasteiger charge is -2.26. The molecule has 0 aromatic heterocycles. The number of aromatic carboxylic acids is 1. The average molecular weight is 472 g/mol. The van der Waals surface area contributed by atoms with Crippen molar-refractivity contribution in [3.8, 4) is 5.75 Å². The van der Waals surface area contributed by atoms with Crippen LogP contribution < -0.4 is 4.74 Å². The number of methoxy groups -OCH3 is 1. The highest BCUT2D eigenvalue weighted by Crippen LogP contribution is 2.41. The first-order valence-corrected chi connectivity index (χ1v) is 11.0. The maximum atomic E-state index is 13.2. The van der Waals surface area contributed by atoms with Crippen LogP contribution in [0.2, 0.25) is 0 Å². The van der Waals surface area contributed by atoms with Gasteiger partial charge < -0.3 is 19.8 Å². The van der Waals surface area contributed by atoms with E-state index in [1.54, 1.807) is 48.5 Å². The maximum Gasteiger partial charge on any atom is 0.335 e. The van der Waals surface area contributed by atoms with Gasteiger partial charge in [0.05, 0.1) is 24.3 Å². The Morgan fingerprint density at radius 3 is 2.23 bits per heavy atom. The molecule has 1 aliphatic rings. The number of aliphatic hydroxyl groups excluding tert-OH is 1. The van der Waals surface area contributed by atoms with Crippen LogP contribution in [0.25, 0.3) is 5.76 Å². The van der Waals surface area contributed by atoms with Crippen LogP contribution in [0.3, 0.4) is 0 Å². The smallest absolute Gasteiger partial charge is 0.335 e. The summed E-state index contributed by atoms with van der Waals surface area (Å²) in [7, 11) is 1.52. The van der Waals surface area contributed by atoms with Crippen LogP contribution in [-0.2, 0) is 16.1 Å². The zero-order valence-corrected chi connectivity index (χ0v) is 19.6. The minimum atomic E-state index is -1.05. The van der Waals surface area contributed by atoms with Crippen LogP contribution in [0.4, 0.5) is 0 Å². The van der Waals surface area contributed by atoms with E-state index < -0.39 is 23.7 Å². The van der Waals surface area contributed by atoms with Crippen LogP contribution in [-0.4, -0.2) is 39.9 Å². The fourth-order valence-electron chi connectivity index (χ4n) is 4.19. The highest BCUT2D eigenvalue weighted by atomic mass is 16.5. The first-order chi connectivity index (χ1) is 16.7. The van der Waals surface area contributed by atoms with Gasteiger partial charge >= 0.3 is 5.97 Å². The highest BCUT2D eigenvalue weighted by Gasteiger charge is 2.46. The summed E-state index contributed by atoms with van der Waals surface area (Å²) in [4.78, 5) is 39.0. The summed E-state index contributed by atoms with van der Waals surface area (Å²) >= 11 is 0. The molecule has 1 unspecified atom stereocenters. The van der Waals surface area contributed by atoms with E-state index in [-0.39, 0.29) is 23.4 Å². The molecule has 0 spiro atoms. The lowest BCUT2D eigenvalue weighted by Crippen LogP contribution is -2.29. The summed E-state index contributed by atoms with van der Waals surface area (Å²) < 4.78 is 5.34. The van der Waals surface area contributed by atoms with E-state index >= 15 is 0 Å². The van der Waals surface area contributed by atoms with Crippen molar-refractivity contribution < 1.29 is 29.3 Å². The minimum absolute atomic E-state index is 0.00587. The summed E-state index contributed by atoms with van der Waals surface area (Å²) in [5.41, 5.74) is 3.80. The molecule has 3 aromatic rings. The Hall–Kier alpha value is -4.39. The predicted molar refractivity (Wildman–Crippen MR) is 130 cm³/mol. The zero-order chi connectivity index (χ0) is 25.3. The number of hydrogen-bond acceptors (Lipinski definition) is 5. The van der Waals surface area contributed by atoms with Crippen molar-refractivity contribution in [1.29, 1.82) is 0 Å². The molecule has 1 heterocycles. The molecule has 1 fully saturated rings. The Morgan fingerprint density at radius 1 is 0.914 bits per heavy atom. The maximum absolute atomic E-state index is 13.2. The Balaban J connectivity index is 1.85. The second-order valence-corrected chi connectivity index (χ2v) is 8.50. The van der Waals surface area contributed by atoms with Gasteiger partial charge in [0.1, 0.15) is 11.5 Å². The lowest BCUT2D eigenvalue weighted by molar-refractivity contribution is -0.140. The van der Waals surface area contributed by atoms with E-state index in [4.69, 9.17) is 9.84 Å². The Bertz CT molecular complexity index is 1360. The van der Waals surface area contributed by atoms with Crippen LogP contribution in [0.1, 0.15) is 44.2 Å². The van der Waals surface area contributed by atoms with Crippen molar-refractivity contribution in [2.45, 2.75) is 26.4 Å². The number of ether oxygens (including phenoxy) is 1. The fourth-order valence-corrected chi connectivity index (χ4v) is 4.19. The SMILES string of the molecule is COc1cccc(C2/C(=C(/O)c3ccc(C)c(C)c3)C(=O)C(=O)N2Cc2ccc(C(=O)O)cc2)c1. The number of Topliss-reactive ketones (excluding diaryl/α,β-unsaturated/α-hetero) is 1. The number of nitrogens with zero attached hydrogens (tertiary/aromatic N) is 1. The third-order valence-corrected chi connectivity index (χ3v) is 6.28. The van der Waals surface area contributed by atoms with Crippen molar-refractivity contribution in [2.75, 3.05) is 7.11 Å². The molecule has 3 aromatic carbocycles. The summed E-state index contributed by atoms with van der Waals surface area (Å²) in [6.45, 7) is 3.91. The molecule has 1 atom stereocenters. The number of hydrogen-bond donors (Lipinski definition) is 2. The summed E-state index contributed by atoms with van der Waals surface area (Å²) in [5, 5.41) is 20.4. The third-order valence-electron chi connectivity index (χ3n) is 6.28. The molecule has 0 radical (unpaired) electrons. The van der Waals surface area contributed by atoms with Gasteiger partial charge in [0.2, 0.25) is 0 Å². The summed E-state index contributed by atoms with van der Waals surface area (Å²) in [5.74, 6) is -2.28. The van der Waals surface area contributed by atoms with E-state index in [0.29, 0.717) is 22.4 Å². The van der Waals surface area contributed by atoms with Gasteiger partial charge in [0.25, 0.3) is 11.7 Å². The number of benzene rings is 3. The van der Waals surface area contributed by atoms with E-state index in [2.05, 4.69) is 0 Å². The van der Waals surface area contributed by atoms with Gasteiger partial charge in [0.15, 0.2) is 0 Å². The number of carbonyl (C=O) groups is 3. The molecular weight excluding hydrogens is 446 g/mol. The largest absolute Gasteiger partial charge is 0.507 e. The molecule has 0 bridgehead atoms. The predicted octanol–water partition coefficient (Wildman–Crippen LogP) is 4.63. The van der Waals surface area contributed by atoms with Crippen molar-refractivity contribution in [2.24, 2.45) is 0 Å². The summed E-state index contributed by atoms with van der Waals surface area (Å²) in [6.07, 6.45) is 0. The first kappa shape index (κ1) is 23.8. The standard InChI is InChI=1S/C28H25NO6/c1-16-7-10-21(13-17(16)2)25(30)23-24(20-5-4-6-22(14-20)35-3)29(27(32)26(23)31)15-18-8-11-19(12-9-18)28(33)34/h4-14,24,30H,15H2,1-3H3,(H,33,34)/b25-23-. The molecule has 7 nitrogen and oxygen atoms in total. The van der Waals surface area contributed by atoms with Crippen LogP contribution in [0.15, 0.2) is 72.3 Å². The molecule has 35 heavy (non-hydrogen) atoms. The molecule has 2 N–H and O–H groups in total. The Labute approximate surface area is 202 Å². The van der Waals surface area contributed by atoms with Crippen LogP contribution >= 0.6 is 0 Å². The average Bonchev–Trinajstić information content (AvgIpc) is 3.10. The lowest BCUT2D eigenvalue weighted by atomic mass is 9.94. The molecule has 1 saturated heterocycles. The van der Waals surface area contributed by atoms with Gasteiger partial charge in [-0.2, -0.15) is 0 Å². The zero-order valence-electron chi connectivity index (χ0n) is 19.6. The number of rotatable bonds is 6. The second kappa shape index (κ2) is 9.46. The van der Waals surface area contributed by atoms with Crippen molar-refractivity contribution in [3.63, 3.8) is 0 Å². The van der Waals surface area contributed by atoms with E-state index in [9.17, 15) is 19.5 Å². The quantitative estimate of drug-likeness (QED) is 0.309. The normalized spacial score (nSPS) is 17.0. The third kappa shape index (κ3) is 4.53. The summed E-state index contributed by atoms with van der Waals surface area (Å²) in [6, 6.07) is 17.6. The van der Waals surface area contributed by atoms with Gasteiger partial charge in [-0.15, -0.1) is 0 Å². The molecule has 4 rings (SSSR count). The molecule has 178 valence electrons. The van der Waals surface area contributed by atoms with Gasteiger partial charge in [0, 0.05) is 12.1 Å². The molecule has 1 amide bonds. The number of carboxylic acids is 1. The number of carboxylic acid groups (broad SMARTS) is 1. The number of carbonyl (C=O) groups excluding carboxylic acids is 2. The molecule has 7 heteroatoms. The van der Waals surface area contributed by atoms with Crippen LogP contribution in [0.5, 0.6) is 5.75 Å². The van der Waals surface area contributed by atoms with Crippen molar-refractivity contribution in [3.05, 3.63) is 106 Å². The van der Waals surface area contributed by atoms with Gasteiger partial charge in [-0.1, -0.05) is 36.4 Å². The Kier molecular flexibility index (Phi) is 6.42. The first-order valence-electron chi connectivity index (χ1n) is 11.0. The number of aliphatic hydroxyl groups is 1. The Morgan fingerprint density at radius 2 is 1.60 bits per heavy atom. The van der Waals surface area contributed by atoms with Crippen LogP contribution in [0, 0.1) is 13.8 Å². The number of likely N-dealkylation sites (tertiary alicyclic amines) is 1. The molecular formula is C28H25NO6. The van der Waals surface area contributed by atoms with Gasteiger partial charge in [-0.3, -0.25) is 9.59 Å². The fraction of sp³-hybridized carbons (Fsp3) is 0.179. The second-order valence-electron chi connectivity index (χ2n) is 8.50. The number of aryl methyl sites for hydroxylation is 2. The van der Waals surface area contributed by atoms with Crippen molar-refractivity contribution in [1.82, 2.24) is 4.90 Å². The van der Waals surface area contributed by atoms with Gasteiger partial charge in [-0.05, 0) is 66.4 Å². The molecule has 1 aliphatic heterocycles.